The van der Waals surface area contributed by atoms with E-state index in [2.05, 4.69) is 5.16 Å². The van der Waals surface area contributed by atoms with Crippen molar-refractivity contribution in [1.82, 2.24) is 0 Å². The molecule has 0 heterocycles. The molecule has 4 heteroatoms. The molecule has 0 saturated carbocycles. The minimum absolute atomic E-state index is 0.548. The Morgan fingerprint density at radius 2 is 1.42 bits per heavy atom. The molecule has 2 aromatic rings. The summed E-state index contributed by atoms with van der Waals surface area (Å²) in [6, 6.07) is 15.6. The maximum atomic E-state index is 10.4. The van der Waals surface area contributed by atoms with Crippen LogP contribution in [0, 0.1) is 0 Å². The van der Waals surface area contributed by atoms with Crippen LogP contribution in [0.4, 0.5) is 0 Å². The van der Waals surface area contributed by atoms with Gasteiger partial charge in [-0.2, -0.15) is 0 Å². The zero-order chi connectivity index (χ0) is 13.2. The van der Waals surface area contributed by atoms with Gasteiger partial charge in [0.25, 0.3) is 0 Å². The SMILES string of the molecule is O=C([O-])CON=C1c2ccccc2-c2ccccc21. The minimum atomic E-state index is -1.29. The summed E-state index contributed by atoms with van der Waals surface area (Å²) in [5.74, 6) is -1.29. The van der Waals surface area contributed by atoms with Crippen molar-refractivity contribution in [2.45, 2.75) is 0 Å². The molecular formula is C15H10NO3-. The summed E-state index contributed by atoms with van der Waals surface area (Å²) in [5, 5.41) is 14.3. The zero-order valence-electron chi connectivity index (χ0n) is 10.00. The quantitative estimate of drug-likeness (QED) is 0.658. The molecular weight excluding hydrogens is 242 g/mol. The Hall–Kier alpha value is -2.62. The van der Waals surface area contributed by atoms with E-state index < -0.39 is 12.6 Å². The minimum Gasteiger partial charge on any atom is -0.546 e. The van der Waals surface area contributed by atoms with Crippen LogP contribution in [0.5, 0.6) is 0 Å². The molecule has 2 aromatic carbocycles. The molecule has 0 N–H and O–H groups in total. The molecule has 1 aliphatic carbocycles. The number of carbonyl (C=O) groups is 1. The Labute approximate surface area is 109 Å². The smallest absolute Gasteiger partial charge is 0.156 e. The molecule has 0 unspecified atom stereocenters. The third-order valence-electron chi connectivity index (χ3n) is 2.99. The summed E-state index contributed by atoms with van der Waals surface area (Å²) < 4.78 is 0. The molecule has 0 radical (unpaired) electrons. The number of carbonyl (C=O) groups excluding carboxylic acids is 1. The van der Waals surface area contributed by atoms with Gasteiger partial charge in [0, 0.05) is 11.1 Å². The average Bonchev–Trinajstić information content (AvgIpc) is 2.74. The molecule has 0 saturated heterocycles. The van der Waals surface area contributed by atoms with Gasteiger partial charge in [0.15, 0.2) is 6.61 Å². The number of aliphatic carboxylic acids is 1. The normalized spacial score (nSPS) is 11.7. The first-order chi connectivity index (χ1) is 9.27. The maximum absolute atomic E-state index is 10.4. The van der Waals surface area contributed by atoms with Gasteiger partial charge in [-0.25, -0.2) is 0 Å². The molecule has 3 rings (SSSR count). The van der Waals surface area contributed by atoms with Crippen LogP contribution in [0.15, 0.2) is 53.7 Å². The lowest BCUT2D eigenvalue weighted by atomic mass is 10.1. The highest BCUT2D eigenvalue weighted by Gasteiger charge is 2.24. The van der Waals surface area contributed by atoms with Crippen molar-refractivity contribution in [2.24, 2.45) is 5.16 Å². The van der Waals surface area contributed by atoms with Gasteiger partial charge in [0.2, 0.25) is 0 Å². The highest BCUT2D eigenvalue weighted by Crippen LogP contribution is 2.36. The Kier molecular flexibility index (Phi) is 2.76. The number of rotatable bonds is 3. The van der Waals surface area contributed by atoms with Crippen molar-refractivity contribution in [2.75, 3.05) is 6.61 Å². The van der Waals surface area contributed by atoms with Gasteiger partial charge in [-0.15, -0.1) is 0 Å². The zero-order valence-corrected chi connectivity index (χ0v) is 10.00. The summed E-state index contributed by atoms with van der Waals surface area (Å²) in [6.45, 7) is -0.548. The lowest BCUT2D eigenvalue weighted by Gasteiger charge is -2.03. The number of benzene rings is 2. The molecule has 0 fully saturated rings. The van der Waals surface area contributed by atoms with E-state index in [1.807, 2.05) is 48.5 Å². The van der Waals surface area contributed by atoms with Crippen molar-refractivity contribution in [3.63, 3.8) is 0 Å². The van der Waals surface area contributed by atoms with Gasteiger partial charge in [-0.05, 0) is 11.1 Å². The maximum Gasteiger partial charge on any atom is 0.156 e. The molecule has 0 aliphatic heterocycles. The Balaban J connectivity index is 2.07. The Morgan fingerprint density at radius 1 is 0.947 bits per heavy atom. The number of hydrogen-bond donors (Lipinski definition) is 0. The first-order valence-electron chi connectivity index (χ1n) is 5.86. The summed E-state index contributed by atoms with van der Waals surface area (Å²) in [5.41, 5.74) is 4.71. The van der Waals surface area contributed by atoms with E-state index in [0.29, 0.717) is 5.71 Å². The van der Waals surface area contributed by atoms with E-state index in [9.17, 15) is 9.90 Å². The summed E-state index contributed by atoms with van der Waals surface area (Å²) in [4.78, 5) is 15.2. The predicted octanol–water partition coefficient (Wildman–Crippen LogP) is 1.19. The van der Waals surface area contributed by atoms with E-state index >= 15 is 0 Å². The van der Waals surface area contributed by atoms with Gasteiger partial charge in [0.05, 0.1) is 5.97 Å². The predicted molar refractivity (Wildman–Crippen MR) is 68.5 cm³/mol. The van der Waals surface area contributed by atoms with Gasteiger partial charge in [0.1, 0.15) is 5.71 Å². The van der Waals surface area contributed by atoms with Crippen LogP contribution in [0.2, 0.25) is 0 Å². The van der Waals surface area contributed by atoms with Crippen LogP contribution >= 0.6 is 0 Å². The van der Waals surface area contributed by atoms with Crippen LogP contribution in [0.25, 0.3) is 11.1 Å². The van der Waals surface area contributed by atoms with Crippen LogP contribution in [0.3, 0.4) is 0 Å². The highest BCUT2D eigenvalue weighted by molar-refractivity contribution is 6.24. The molecule has 1 aliphatic rings. The van der Waals surface area contributed by atoms with E-state index in [0.717, 1.165) is 22.3 Å². The molecule has 0 atom stereocenters. The number of hydrogen-bond acceptors (Lipinski definition) is 4. The molecule has 19 heavy (non-hydrogen) atoms. The first kappa shape index (κ1) is 11.5. The number of fused-ring (bicyclic) bond motifs is 3. The number of carboxylic acids is 1. The van der Waals surface area contributed by atoms with E-state index in [4.69, 9.17) is 4.84 Å². The molecule has 0 amide bonds. The summed E-state index contributed by atoms with van der Waals surface area (Å²) in [6.07, 6.45) is 0. The number of nitrogens with zero attached hydrogens (tertiary/aromatic N) is 1. The third-order valence-corrected chi connectivity index (χ3v) is 2.99. The van der Waals surface area contributed by atoms with Crippen molar-refractivity contribution in [1.29, 1.82) is 0 Å². The molecule has 4 nitrogen and oxygen atoms in total. The lowest BCUT2D eigenvalue weighted by Crippen LogP contribution is -2.26. The van der Waals surface area contributed by atoms with Gasteiger partial charge >= 0.3 is 0 Å². The fraction of sp³-hybridized carbons (Fsp3) is 0.0667. The van der Waals surface area contributed by atoms with Crippen LogP contribution in [-0.4, -0.2) is 18.3 Å². The summed E-state index contributed by atoms with van der Waals surface area (Å²) in [7, 11) is 0. The monoisotopic (exact) mass is 252 g/mol. The summed E-state index contributed by atoms with van der Waals surface area (Å²) >= 11 is 0. The standard InChI is InChI=1S/C15H11NO3/c17-14(18)9-19-16-15-12-7-3-1-5-10(12)11-6-2-4-8-13(11)15/h1-8H,9H2,(H,17,18)/p-1. The molecule has 94 valence electrons. The second-order valence-corrected chi connectivity index (χ2v) is 4.18. The molecule has 0 aromatic heterocycles. The fourth-order valence-electron chi connectivity index (χ4n) is 2.24. The average molecular weight is 252 g/mol. The second kappa shape index (κ2) is 4.57. The number of carboxylic acid groups (broad SMARTS) is 1. The largest absolute Gasteiger partial charge is 0.546 e. The van der Waals surface area contributed by atoms with Crippen molar-refractivity contribution in [3.8, 4) is 11.1 Å². The van der Waals surface area contributed by atoms with Crippen LogP contribution in [-0.2, 0) is 9.63 Å². The highest BCUT2D eigenvalue weighted by atomic mass is 16.6. The van der Waals surface area contributed by atoms with Crippen molar-refractivity contribution < 1.29 is 14.7 Å². The first-order valence-corrected chi connectivity index (χ1v) is 5.86. The Morgan fingerprint density at radius 3 is 1.89 bits per heavy atom. The lowest BCUT2D eigenvalue weighted by molar-refractivity contribution is -0.309. The van der Waals surface area contributed by atoms with E-state index in [1.54, 1.807) is 0 Å². The molecule has 0 spiro atoms. The Bertz CT molecular complexity index is 629. The van der Waals surface area contributed by atoms with Crippen LogP contribution in [0.1, 0.15) is 11.1 Å². The second-order valence-electron chi connectivity index (χ2n) is 4.18. The molecule has 0 bridgehead atoms. The van der Waals surface area contributed by atoms with E-state index in [1.165, 1.54) is 0 Å². The topological polar surface area (TPSA) is 61.7 Å². The van der Waals surface area contributed by atoms with Crippen LogP contribution < -0.4 is 5.11 Å². The van der Waals surface area contributed by atoms with Gasteiger partial charge < -0.3 is 14.7 Å². The van der Waals surface area contributed by atoms with Gasteiger partial charge in [-0.1, -0.05) is 53.7 Å². The third kappa shape index (κ3) is 1.97. The van der Waals surface area contributed by atoms with Crippen molar-refractivity contribution in [3.05, 3.63) is 59.7 Å². The van der Waals surface area contributed by atoms with E-state index in [-0.39, 0.29) is 0 Å². The van der Waals surface area contributed by atoms with Gasteiger partial charge in [-0.3, -0.25) is 0 Å². The van der Waals surface area contributed by atoms with Crippen molar-refractivity contribution >= 4 is 11.7 Å². The number of oxime groups is 1. The fourth-order valence-corrected chi connectivity index (χ4v) is 2.24.